The number of anilines is 2. The van der Waals surface area contributed by atoms with Crippen LogP contribution < -0.4 is 19.1 Å². The first-order valence-corrected chi connectivity index (χ1v) is 11.4. The molecule has 9 nitrogen and oxygen atoms in total. The van der Waals surface area contributed by atoms with Crippen LogP contribution in [0.3, 0.4) is 0 Å². The van der Waals surface area contributed by atoms with Crippen LogP contribution in [0.2, 0.25) is 0 Å². The van der Waals surface area contributed by atoms with Crippen LogP contribution in [0, 0.1) is 0 Å². The number of hydrogen-bond donors (Lipinski definition) is 1. The van der Waals surface area contributed by atoms with Crippen molar-refractivity contribution in [1.82, 2.24) is 0 Å². The van der Waals surface area contributed by atoms with E-state index >= 15 is 0 Å². The highest BCUT2D eigenvalue weighted by Crippen LogP contribution is 2.37. The molecule has 0 aliphatic heterocycles. The zero-order chi connectivity index (χ0) is 23.2. The molecule has 31 heavy (non-hydrogen) atoms. The average Bonchev–Trinajstić information content (AvgIpc) is 2.72. The number of benzene rings is 2. The maximum absolute atomic E-state index is 13.3. The van der Waals surface area contributed by atoms with Gasteiger partial charge in [0.25, 0.3) is 5.91 Å². The highest BCUT2D eigenvalue weighted by atomic mass is 32.2. The Morgan fingerprint density at radius 2 is 1.74 bits per heavy atom. The minimum atomic E-state index is -3.64. The Morgan fingerprint density at radius 1 is 1.03 bits per heavy atom. The van der Waals surface area contributed by atoms with Crippen molar-refractivity contribution in [2.45, 2.75) is 13.8 Å². The van der Waals surface area contributed by atoms with Gasteiger partial charge in [-0.3, -0.25) is 9.52 Å². The summed E-state index contributed by atoms with van der Waals surface area (Å²) in [7, 11) is -0.885. The van der Waals surface area contributed by atoms with Crippen molar-refractivity contribution < 1.29 is 32.2 Å². The molecule has 0 atom stereocenters. The van der Waals surface area contributed by atoms with Crippen LogP contribution in [0.25, 0.3) is 0 Å². The Balaban J connectivity index is 2.52. The Bertz CT molecular complexity index is 1070. The number of ether oxygens (including phenoxy) is 3. The second kappa shape index (κ2) is 10.2. The van der Waals surface area contributed by atoms with Gasteiger partial charge in [0.15, 0.2) is 11.5 Å². The minimum absolute atomic E-state index is 0.0732. The van der Waals surface area contributed by atoms with Crippen LogP contribution in [0.4, 0.5) is 11.4 Å². The van der Waals surface area contributed by atoms with Gasteiger partial charge in [-0.15, -0.1) is 0 Å². The summed E-state index contributed by atoms with van der Waals surface area (Å²) in [5.41, 5.74) is 1.05. The first-order valence-electron chi connectivity index (χ1n) is 9.48. The number of nitrogens with one attached hydrogen (secondary N) is 1. The fourth-order valence-corrected chi connectivity index (χ4v) is 3.53. The SMILES string of the molecule is CCOC(=O)c1cccc(N(CC)C(=O)c2cc(NS(C)(=O)=O)c(OC)c(OC)c2)c1. The number of esters is 1. The van der Waals surface area contributed by atoms with E-state index in [9.17, 15) is 18.0 Å². The molecule has 0 saturated carbocycles. The summed E-state index contributed by atoms with van der Waals surface area (Å²) in [4.78, 5) is 26.8. The molecule has 2 aromatic carbocycles. The lowest BCUT2D eigenvalue weighted by molar-refractivity contribution is 0.0526. The third-order valence-electron chi connectivity index (χ3n) is 4.25. The molecule has 0 aromatic heterocycles. The van der Waals surface area contributed by atoms with Crippen molar-refractivity contribution >= 4 is 33.3 Å². The summed E-state index contributed by atoms with van der Waals surface area (Å²) in [5, 5.41) is 0. The van der Waals surface area contributed by atoms with Gasteiger partial charge in [-0.05, 0) is 44.2 Å². The average molecular weight is 451 g/mol. The molecule has 2 aromatic rings. The van der Waals surface area contributed by atoms with Crippen LogP contribution in [0.15, 0.2) is 36.4 Å². The molecule has 0 aliphatic carbocycles. The number of methoxy groups -OCH3 is 2. The van der Waals surface area contributed by atoms with Crippen LogP contribution >= 0.6 is 0 Å². The van der Waals surface area contributed by atoms with E-state index in [0.717, 1.165) is 6.26 Å². The van der Waals surface area contributed by atoms with Gasteiger partial charge in [-0.1, -0.05) is 6.07 Å². The minimum Gasteiger partial charge on any atom is -0.493 e. The van der Waals surface area contributed by atoms with Crippen molar-refractivity contribution in [3.05, 3.63) is 47.5 Å². The van der Waals surface area contributed by atoms with Gasteiger partial charge < -0.3 is 19.1 Å². The van der Waals surface area contributed by atoms with Crippen LogP contribution in [-0.2, 0) is 14.8 Å². The van der Waals surface area contributed by atoms with Crippen molar-refractivity contribution in [3.8, 4) is 11.5 Å². The molecular formula is C21H26N2O7S. The smallest absolute Gasteiger partial charge is 0.338 e. The number of nitrogens with zero attached hydrogens (tertiary/aromatic N) is 1. The van der Waals surface area contributed by atoms with Gasteiger partial charge >= 0.3 is 5.97 Å². The highest BCUT2D eigenvalue weighted by Gasteiger charge is 2.23. The lowest BCUT2D eigenvalue weighted by Crippen LogP contribution is -2.31. The first-order chi connectivity index (χ1) is 14.6. The molecule has 1 amide bonds. The van der Waals surface area contributed by atoms with E-state index in [4.69, 9.17) is 14.2 Å². The van der Waals surface area contributed by atoms with Gasteiger partial charge in [0.2, 0.25) is 10.0 Å². The van der Waals surface area contributed by atoms with Gasteiger partial charge in [0.05, 0.1) is 38.3 Å². The maximum Gasteiger partial charge on any atom is 0.338 e. The second-order valence-corrected chi connectivity index (χ2v) is 8.20. The molecule has 0 bridgehead atoms. The van der Waals surface area contributed by atoms with Crippen molar-refractivity contribution in [1.29, 1.82) is 0 Å². The Labute approximate surface area is 182 Å². The molecule has 0 unspecified atom stereocenters. The van der Waals surface area contributed by atoms with Gasteiger partial charge in [0, 0.05) is 17.8 Å². The van der Waals surface area contributed by atoms with Crippen molar-refractivity contribution in [3.63, 3.8) is 0 Å². The quantitative estimate of drug-likeness (QED) is 0.585. The third-order valence-corrected chi connectivity index (χ3v) is 4.84. The van der Waals surface area contributed by atoms with Crippen LogP contribution in [0.1, 0.15) is 34.6 Å². The predicted molar refractivity (Wildman–Crippen MR) is 118 cm³/mol. The summed E-state index contributed by atoms with van der Waals surface area (Å²) in [6.07, 6.45) is 0.993. The molecule has 168 valence electrons. The predicted octanol–water partition coefficient (Wildman–Crippen LogP) is 2.92. The van der Waals surface area contributed by atoms with E-state index < -0.39 is 21.9 Å². The number of carbonyl (C=O) groups is 2. The molecule has 0 heterocycles. The largest absolute Gasteiger partial charge is 0.493 e. The zero-order valence-electron chi connectivity index (χ0n) is 18.1. The third kappa shape index (κ3) is 5.88. The van der Waals surface area contributed by atoms with E-state index in [1.807, 2.05) is 0 Å². The van der Waals surface area contributed by atoms with Gasteiger partial charge in [-0.25, -0.2) is 13.2 Å². The van der Waals surface area contributed by atoms with Crippen molar-refractivity contribution in [2.75, 3.05) is 43.2 Å². The van der Waals surface area contributed by atoms with Crippen molar-refractivity contribution in [2.24, 2.45) is 0 Å². The number of carbonyl (C=O) groups excluding carboxylic acids is 2. The van der Waals surface area contributed by atoms with E-state index in [0.29, 0.717) is 17.8 Å². The Kier molecular flexibility index (Phi) is 7.87. The fourth-order valence-electron chi connectivity index (χ4n) is 2.98. The van der Waals surface area contributed by atoms with E-state index in [1.54, 1.807) is 38.1 Å². The second-order valence-electron chi connectivity index (χ2n) is 6.45. The molecule has 1 N–H and O–H groups in total. The molecule has 0 aliphatic rings. The molecule has 0 fully saturated rings. The van der Waals surface area contributed by atoms with E-state index in [-0.39, 0.29) is 29.4 Å². The summed E-state index contributed by atoms with van der Waals surface area (Å²) >= 11 is 0. The highest BCUT2D eigenvalue weighted by molar-refractivity contribution is 7.92. The lowest BCUT2D eigenvalue weighted by Gasteiger charge is -2.23. The fraction of sp³-hybridized carbons (Fsp3) is 0.333. The molecule has 0 radical (unpaired) electrons. The number of sulfonamides is 1. The summed E-state index contributed by atoms with van der Waals surface area (Å²) < 4.78 is 41.4. The lowest BCUT2D eigenvalue weighted by atomic mass is 10.1. The molecule has 2 rings (SSSR count). The number of amides is 1. The number of rotatable bonds is 9. The van der Waals surface area contributed by atoms with Gasteiger partial charge in [0.1, 0.15) is 0 Å². The Morgan fingerprint density at radius 3 is 2.29 bits per heavy atom. The zero-order valence-corrected chi connectivity index (χ0v) is 18.9. The summed E-state index contributed by atoms with van der Waals surface area (Å²) in [6.45, 7) is 4.03. The summed E-state index contributed by atoms with van der Waals surface area (Å²) in [5.74, 6) is -0.563. The van der Waals surface area contributed by atoms with Gasteiger partial charge in [-0.2, -0.15) is 0 Å². The standard InChI is InChI=1S/C21H26N2O7S/c1-6-23(16-10-8-9-14(11-16)21(25)30-7-2)20(24)15-12-17(22-31(5,26)27)19(29-4)18(13-15)28-3/h8-13,22H,6-7H2,1-5H3. The monoisotopic (exact) mass is 450 g/mol. The molecule has 0 saturated heterocycles. The van der Waals surface area contributed by atoms with E-state index in [2.05, 4.69) is 4.72 Å². The first kappa shape index (κ1) is 24.0. The van der Waals surface area contributed by atoms with Crippen LogP contribution in [0.5, 0.6) is 11.5 Å². The molecular weight excluding hydrogens is 424 g/mol. The topological polar surface area (TPSA) is 111 Å². The molecule has 10 heteroatoms. The Hall–Kier alpha value is -3.27. The summed E-state index contributed by atoms with van der Waals surface area (Å²) in [6, 6.07) is 9.36. The maximum atomic E-state index is 13.3. The van der Waals surface area contributed by atoms with E-state index in [1.165, 1.54) is 31.3 Å². The molecule has 0 spiro atoms. The van der Waals surface area contributed by atoms with Crippen LogP contribution in [-0.4, -0.2) is 53.9 Å². The number of hydrogen-bond acceptors (Lipinski definition) is 7. The normalized spacial score (nSPS) is 10.9.